The summed E-state index contributed by atoms with van der Waals surface area (Å²) in [7, 11) is 1.14. The first kappa shape index (κ1) is 29.6. The number of fused-ring (bicyclic) bond motifs is 5. The van der Waals surface area contributed by atoms with E-state index in [-0.39, 0.29) is 37.1 Å². The largest absolute Gasteiger partial charge is 0.509 e. The van der Waals surface area contributed by atoms with Gasteiger partial charge in [0.2, 0.25) is 5.78 Å². The van der Waals surface area contributed by atoms with Crippen molar-refractivity contribution in [2.45, 2.75) is 88.7 Å². The Kier molecular flexibility index (Phi) is 8.26. The van der Waals surface area contributed by atoms with Gasteiger partial charge in [0.25, 0.3) is 0 Å². The average Bonchev–Trinajstić information content (AvgIpc) is 3.18. The van der Waals surface area contributed by atoms with Crippen LogP contribution in [0.4, 0.5) is 9.59 Å². The number of alkyl halides is 1. The summed E-state index contributed by atoms with van der Waals surface area (Å²) in [5, 5.41) is 11.8. The lowest BCUT2D eigenvalue weighted by molar-refractivity contribution is -0.179. The Morgan fingerprint density at radius 3 is 2.54 bits per heavy atom. The molecule has 10 heteroatoms. The van der Waals surface area contributed by atoms with Crippen LogP contribution in [0.2, 0.25) is 0 Å². The summed E-state index contributed by atoms with van der Waals surface area (Å²) in [6, 6.07) is 0. The molecule has 4 rings (SSSR count). The van der Waals surface area contributed by atoms with Crippen LogP contribution in [0.25, 0.3) is 0 Å². The van der Waals surface area contributed by atoms with Gasteiger partial charge in [-0.1, -0.05) is 45.3 Å². The van der Waals surface area contributed by atoms with E-state index in [9.17, 15) is 24.3 Å². The maximum Gasteiger partial charge on any atom is 0.509 e. The van der Waals surface area contributed by atoms with E-state index in [2.05, 4.69) is 4.74 Å². The normalized spacial score (nSPS) is 38.6. The van der Waals surface area contributed by atoms with Crippen molar-refractivity contribution >= 4 is 35.5 Å². The molecule has 0 aromatic rings. The van der Waals surface area contributed by atoms with E-state index in [1.54, 1.807) is 12.2 Å². The Hall–Kier alpha value is -2.39. The highest BCUT2D eigenvalue weighted by molar-refractivity contribution is 6.26. The van der Waals surface area contributed by atoms with Gasteiger partial charge in [-0.3, -0.25) is 9.59 Å². The van der Waals surface area contributed by atoms with Gasteiger partial charge in [-0.15, -0.1) is 11.6 Å². The minimum Gasteiger partial charge on any atom is -0.438 e. The number of rotatable bonds is 8. The van der Waals surface area contributed by atoms with Gasteiger partial charge < -0.3 is 24.1 Å². The number of unbranched alkanes of at least 4 members (excludes halogenated alkanes) is 2. The maximum absolute atomic E-state index is 13.8. The topological polar surface area (TPSA) is 125 Å². The van der Waals surface area contributed by atoms with Crippen molar-refractivity contribution in [3.05, 3.63) is 23.8 Å². The molecule has 4 aliphatic rings. The number of allylic oxidation sites excluding steroid dienone is 4. The summed E-state index contributed by atoms with van der Waals surface area (Å²) >= 11 is 7.46. The van der Waals surface area contributed by atoms with E-state index in [0.717, 1.165) is 25.5 Å². The molecule has 0 saturated heterocycles. The predicted molar refractivity (Wildman–Crippen MR) is 141 cm³/mol. The van der Waals surface area contributed by atoms with Gasteiger partial charge >= 0.3 is 12.3 Å². The third kappa shape index (κ3) is 4.59. The van der Waals surface area contributed by atoms with Crippen molar-refractivity contribution in [1.82, 2.24) is 0 Å². The second-order valence-corrected chi connectivity index (χ2v) is 12.3. The molecule has 0 aliphatic heterocycles. The fourth-order valence-corrected chi connectivity index (χ4v) is 8.38. The first-order valence-corrected chi connectivity index (χ1v) is 14.2. The van der Waals surface area contributed by atoms with Crippen molar-refractivity contribution < 1.29 is 43.2 Å². The molecule has 0 aromatic heterocycles. The lowest BCUT2D eigenvalue weighted by atomic mass is 9.45. The number of halogens is 1. The molecule has 7 atom stereocenters. The molecule has 0 bridgehead atoms. The fraction of sp³-hybridized carbons (Fsp3) is 0.724. The van der Waals surface area contributed by atoms with Crippen molar-refractivity contribution in [3.8, 4) is 0 Å². The van der Waals surface area contributed by atoms with Crippen LogP contribution in [-0.4, -0.2) is 65.9 Å². The highest BCUT2D eigenvalue weighted by Gasteiger charge is 2.74. The molecule has 0 heterocycles. The zero-order valence-corrected chi connectivity index (χ0v) is 23.9. The van der Waals surface area contributed by atoms with E-state index in [1.807, 2.05) is 20.8 Å². The van der Waals surface area contributed by atoms with Crippen LogP contribution in [-0.2, 0) is 28.5 Å². The van der Waals surface area contributed by atoms with Crippen molar-refractivity contribution in [2.75, 3.05) is 20.3 Å². The van der Waals surface area contributed by atoms with Crippen LogP contribution in [0.5, 0.6) is 0 Å². The quantitative estimate of drug-likeness (QED) is 0.244. The summed E-state index contributed by atoms with van der Waals surface area (Å²) in [6.07, 6.45) is 6.30. The molecular formula is C29H39ClO9. The van der Waals surface area contributed by atoms with Gasteiger partial charge in [0.1, 0.15) is 0 Å². The summed E-state index contributed by atoms with van der Waals surface area (Å²) in [5.74, 6) is -1.13. The van der Waals surface area contributed by atoms with Crippen LogP contribution in [0.3, 0.4) is 0 Å². The molecule has 0 amide bonds. The Labute approximate surface area is 234 Å². The van der Waals surface area contributed by atoms with Gasteiger partial charge in [0.05, 0.1) is 24.7 Å². The Morgan fingerprint density at radius 2 is 1.85 bits per heavy atom. The molecule has 3 fully saturated rings. The maximum atomic E-state index is 13.8. The third-order valence-electron chi connectivity index (χ3n) is 9.92. The van der Waals surface area contributed by atoms with Crippen molar-refractivity contribution in [1.29, 1.82) is 0 Å². The summed E-state index contributed by atoms with van der Waals surface area (Å²) < 4.78 is 20.7. The summed E-state index contributed by atoms with van der Waals surface area (Å²) in [5.41, 5.74) is -2.57. The highest BCUT2D eigenvalue weighted by Crippen LogP contribution is 2.71. The van der Waals surface area contributed by atoms with E-state index in [1.165, 1.54) is 6.08 Å². The van der Waals surface area contributed by atoms with Crippen molar-refractivity contribution in [2.24, 2.45) is 22.7 Å². The number of carbonyl (C=O) groups is 4. The number of ketones is 2. The molecule has 1 N–H and O–H groups in total. The first-order valence-electron chi connectivity index (χ1n) is 13.8. The van der Waals surface area contributed by atoms with Gasteiger partial charge in [0, 0.05) is 10.8 Å². The summed E-state index contributed by atoms with van der Waals surface area (Å²) in [6.45, 7) is 5.33. The number of methoxy groups -OCH3 is 1. The van der Waals surface area contributed by atoms with E-state index >= 15 is 0 Å². The molecule has 1 unspecified atom stereocenters. The molecule has 216 valence electrons. The smallest absolute Gasteiger partial charge is 0.438 e. The molecule has 3 saturated carbocycles. The number of carbonyl (C=O) groups excluding carboxylic acids is 4. The molecular weight excluding hydrogens is 528 g/mol. The standard InChI is InChI=1S/C29H39ClO9/c1-5-6-7-14-37-25(35)39-28(23(33)17-38-24(34)36-4)13-11-20-21-9-8-18-15-19(31)10-12-26(18,2)29(21,30)22(32)16-27(20,28)3/h10,12,15,20-22,32H,5-9,11,13-14,16-17H2,1-4H3/t20-,21-,22?,26-,27-,28-,29-/m0/s1. The molecule has 39 heavy (non-hydrogen) atoms. The number of ether oxygens (including phenoxy) is 4. The SMILES string of the molecule is CCCCCOC(=O)O[C@]1(C(=O)COC(=O)OC)CC[C@H]2[C@@H]3CCC4=CC(=O)C=C[C@]4(C)[C@@]3(Cl)C(O)C[C@@]21C. The number of hydrogen-bond acceptors (Lipinski definition) is 9. The zero-order valence-electron chi connectivity index (χ0n) is 23.1. The molecule has 0 spiro atoms. The second-order valence-electron chi connectivity index (χ2n) is 11.7. The Morgan fingerprint density at radius 1 is 1.10 bits per heavy atom. The Balaban J connectivity index is 1.69. The second kappa shape index (κ2) is 10.9. The Bertz CT molecular complexity index is 1080. The number of aliphatic hydroxyl groups is 1. The minimum atomic E-state index is -1.69. The monoisotopic (exact) mass is 566 g/mol. The van der Waals surface area contributed by atoms with E-state index in [0.29, 0.717) is 25.7 Å². The molecule has 9 nitrogen and oxygen atoms in total. The molecule has 4 aliphatic carbocycles. The van der Waals surface area contributed by atoms with Gasteiger partial charge in [-0.2, -0.15) is 0 Å². The lowest BCUT2D eigenvalue weighted by Gasteiger charge is -2.63. The van der Waals surface area contributed by atoms with E-state index in [4.69, 9.17) is 25.8 Å². The van der Waals surface area contributed by atoms with Gasteiger partial charge in [-0.25, -0.2) is 9.59 Å². The highest BCUT2D eigenvalue weighted by atomic mass is 35.5. The van der Waals surface area contributed by atoms with Gasteiger partial charge in [-0.05, 0) is 62.5 Å². The molecule has 0 radical (unpaired) electrons. The van der Waals surface area contributed by atoms with Crippen LogP contribution in [0, 0.1) is 22.7 Å². The van der Waals surface area contributed by atoms with Crippen LogP contribution in [0.15, 0.2) is 23.8 Å². The van der Waals surface area contributed by atoms with Gasteiger partial charge in [0.15, 0.2) is 18.0 Å². The first-order chi connectivity index (χ1) is 18.4. The number of aliphatic hydroxyl groups excluding tert-OH is 1. The minimum absolute atomic E-state index is 0.0649. The predicted octanol–water partition coefficient (Wildman–Crippen LogP) is 5.06. The summed E-state index contributed by atoms with van der Waals surface area (Å²) in [4.78, 5) is 49.4. The average molecular weight is 567 g/mol. The number of hydrogen-bond donors (Lipinski definition) is 1. The van der Waals surface area contributed by atoms with E-state index < -0.39 is 52.1 Å². The third-order valence-corrected chi connectivity index (χ3v) is 10.8. The zero-order chi connectivity index (χ0) is 28.6. The van der Waals surface area contributed by atoms with Crippen LogP contribution in [0.1, 0.15) is 72.1 Å². The lowest BCUT2D eigenvalue weighted by Crippen LogP contribution is -2.69. The molecule has 0 aromatic carbocycles. The van der Waals surface area contributed by atoms with Crippen LogP contribution < -0.4 is 0 Å². The van der Waals surface area contributed by atoms with Crippen molar-refractivity contribution in [3.63, 3.8) is 0 Å². The van der Waals surface area contributed by atoms with Crippen LogP contribution >= 0.6 is 11.6 Å². The fourth-order valence-electron chi connectivity index (χ4n) is 7.86. The number of Topliss-reactive ketones (excluding diaryl/α,β-unsaturated/α-hetero) is 1.